The van der Waals surface area contributed by atoms with E-state index in [9.17, 15) is 0 Å². The van der Waals surface area contributed by atoms with E-state index in [1.807, 2.05) is 0 Å². The first-order chi connectivity index (χ1) is 22.8. The molecule has 0 aliphatic heterocycles. The van der Waals surface area contributed by atoms with Gasteiger partial charge in [0.2, 0.25) is 0 Å². The Bertz CT molecular complexity index is 2520. The lowest BCUT2D eigenvalue weighted by Crippen LogP contribution is -2.10. The largest absolute Gasteiger partial charge is 0.455 e. The highest BCUT2D eigenvalue weighted by Crippen LogP contribution is 2.41. The van der Waals surface area contributed by atoms with Gasteiger partial charge < -0.3 is 9.32 Å². The fraction of sp³-hybridized carbons (Fsp3) is 0. The van der Waals surface area contributed by atoms with E-state index in [1.165, 1.54) is 38.4 Å². The molecule has 0 N–H and O–H groups in total. The van der Waals surface area contributed by atoms with Crippen molar-refractivity contribution < 1.29 is 4.42 Å². The van der Waals surface area contributed by atoms with Gasteiger partial charge in [0.1, 0.15) is 11.2 Å². The van der Waals surface area contributed by atoms with Gasteiger partial charge in [-0.25, -0.2) is 0 Å². The van der Waals surface area contributed by atoms with Gasteiger partial charge in [-0.15, -0.1) is 0 Å². The number of fused-ring (bicyclic) bond motifs is 6. The lowest BCUT2D eigenvalue weighted by atomic mass is 9.98. The van der Waals surface area contributed by atoms with E-state index in [4.69, 9.17) is 4.42 Å². The summed E-state index contributed by atoms with van der Waals surface area (Å²) in [4.78, 5) is 2.35. The molecule has 9 aromatic rings. The van der Waals surface area contributed by atoms with Gasteiger partial charge >= 0.3 is 0 Å². The highest BCUT2D eigenvalue weighted by molar-refractivity contribution is 6.15. The Morgan fingerprint density at radius 1 is 0.348 bits per heavy atom. The smallest absolute Gasteiger partial charge is 0.143 e. The van der Waals surface area contributed by atoms with Crippen LogP contribution in [0.25, 0.3) is 65.7 Å². The summed E-state index contributed by atoms with van der Waals surface area (Å²) in [5, 5.41) is 7.05. The predicted octanol–water partition coefficient (Wildman–Crippen LogP) is 12.7. The molecule has 0 fully saturated rings. The molecule has 46 heavy (non-hydrogen) atoms. The van der Waals surface area contributed by atoms with Crippen molar-refractivity contribution in [1.82, 2.24) is 0 Å². The summed E-state index contributed by atoms with van der Waals surface area (Å²) in [6.45, 7) is 0. The van der Waals surface area contributed by atoms with Crippen molar-refractivity contribution in [2.75, 3.05) is 4.90 Å². The van der Waals surface area contributed by atoms with Crippen LogP contribution in [-0.4, -0.2) is 0 Å². The normalized spacial score (nSPS) is 11.5. The maximum atomic E-state index is 6.47. The van der Waals surface area contributed by atoms with E-state index in [0.29, 0.717) is 0 Å². The van der Waals surface area contributed by atoms with E-state index in [2.05, 4.69) is 181 Å². The molecule has 2 nitrogen and oxygen atoms in total. The van der Waals surface area contributed by atoms with Crippen LogP contribution in [0.1, 0.15) is 0 Å². The monoisotopic (exact) mass is 587 g/mol. The van der Waals surface area contributed by atoms with E-state index in [0.717, 1.165) is 44.4 Å². The zero-order valence-corrected chi connectivity index (χ0v) is 25.1. The number of hydrogen-bond donors (Lipinski definition) is 0. The van der Waals surface area contributed by atoms with Gasteiger partial charge in [0.05, 0.1) is 0 Å². The SMILES string of the molecule is c1ccc(-c2cccc(N(c3ccc(-c4cccc5ccccc45)cc3)c3ccc4oc5c6ccccc6ccc5c4c3)c2)cc1. The molecule has 8 aromatic carbocycles. The summed E-state index contributed by atoms with van der Waals surface area (Å²) >= 11 is 0. The summed E-state index contributed by atoms with van der Waals surface area (Å²) in [7, 11) is 0. The molecule has 1 aromatic heterocycles. The molecular weight excluding hydrogens is 558 g/mol. The summed E-state index contributed by atoms with van der Waals surface area (Å²) in [5.74, 6) is 0. The van der Waals surface area contributed by atoms with Crippen LogP contribution in [0, 0.1) is 0 Å². The lowest BCUT2D eigenvalue weighted by Gasteiger charge is -2.26. The zero-order chi connectivity index (χ0) is 30.5. The zero-order valence-electron chi connectivity index (χ0n) is 25.1. The van der Waals surface area contributed by atoms with Gasteiger partial charge in [0, 0.05) is 33.2 Å². The van der Waals surface area contributed by atoms with Crippen molar-refractivity contribution in [3.63, 3.8) is 0 Å². The quantitative estimate of drug-likeness (QED) is 0.199. The molecule has 2 heteroatoms. The molecule has 0 unspecified atom stereocenters. The van der Waals surface area contributed by atoms with Crippen LogP contribution in [0.2, 0.25) is 0 Å². The molecule has 0 bridgehead atoms. The Morgan fingerprint density at radius 2 is 1.00 bits per heavy atom. The lowest BCUT2D eigenvalue weighted by molar-refractivity contribution is 0.672. The van der Waals surface area contributed by atoms with Gasteiger partial charge in [-0.1, -0.05) is 127 Å². The van der Waals surface area contributed by atoms with Crippen LogP contribution in [0.5, 0.6) is 0 Å². The summed E-state index contributed by atoms with van der Waals surface area (Å²) < 4.78 is 6.47. The highest BCUT2D eigenvalue weighted by atomic mass is 16.3. The minimum absolute atomic E-state index is 0.888. The third-order valence-electron chi connectivity index (χ3n) is 9.04. The second kappa shape index (κ2) is 10.8. The van der Waals surface area contributed by atoms with Crippen molar-refractivity contribution >= 4 is 60.5 Å². The van der Waals surface area contributed by atoms with E-state index in [-0.39, 0.29) is 0 Å². The Labute approximate surface area is 267 Å². The fourth-order valence-electron chi connectivity index (χ4n) is 6.80. The molecule has 0 radical (unpaired) electrons. The van der Waals surface area contributed by atoms with Crippen molar-refractivity contribution in [3.05, 3.63) is 176 Å². The number of nitrogens with zero attached hydrogens (tertiary/aromatic N) is 1. The minimum Gasteiger partial charge on any atom is -0.455 e. The maximum Gasteiger partial charge on any atom is 0.143 e. The Hall–Kier alpha value is -6.12. The highest BCUT2D eigenvalue weighted by Gasteiger charge is 2.17. The van der Waals surface area contributed by atoms with Gasteiger partial charge in [0.15, 0.2) is 0 Å². The Morgan fingerprint density at radius 3 is 1.85 bits per heavy atom. The molecule has 9 rings (SSSR count). The average Bonchev–Trinajstić information content (AvgIpc) is 3.51. The van der Waals surface area contributed by atoms with Crippen LogP contribution in [0.15, 0.2) is 180 Å². The molecular formula is C44H29NO. The first-order valence-electron chi connectivity index (χ1n) is 15.7. The van der Waals surface area contributed by atoms with Crippen LogP contribution < -0.4 is 4.90 Å². The fourth-order valence-corrected chi connectivity index (χ4v) is 6.80. The van der Waals surface area contributed by atoms with Crippen molar-refractivity contribution in [3.8, 4) is 22.3 Å². The van der Waals surface area contributed by atoms with Crippen LogP contribution >= 0.6 is 0 Å². The van der Waals surface area contributed by atoms with Gasteiger partial charge in [-0.3, -0.25) is 0 Å². The molecule has 0 atom stereocenters. The van der Waals surface area contributed by atoms with Crippen molar-refractivity contribution in [2.24, 2.45) is 0 Å². The molecule has 216 valence electrons. The molecule has 0 aliphatic carbocycles. The van der Waals surface area contributed by atoms with Crippen molar-refractivity contribution in [1.29, 1.82) is 0 Å². The number of benzene rings is 8. The summed E-state index contributed by atoms with van der Waals surface area (Å²) in [5.41, 5.74) is 9.88. The predicted molar refractivity (Wildman–Crippen MR) is 194 cm³/mol. The Balaban J connectivity index is 1.21. The third kappa shape index (κ3) is 4.43. The number of hydrogen-bond acceptors (Lipinski definition) is 2. The van der Waals surface area contributed by atoms with E-state index in [1.54, 1.807) is 0 Å². The molecule has 0 saturated heterocycles. The van der Waals surface area contributed by atoms with Crippen LogP contribution in [0.3, 0.4) is 0 Å². The van der Waals surface area contributed by atoms with Gasteiger partial charge in [-0.2, -0.15) is 0 Å². The number of furan rings is 1. The minimum atomic E-state index is 0.888. The van der Waals surface area contributed by atoms with Crippen LogP contribution in [-0.2, 0) is 0 Å². The summed E-state index contributed by atoms with van der Waals surface area (Å²) in [6.07, 6.45) is 0. The summed E-state index contributed by atoms with van der Waals surface area (Å²) in [6, 6.07) is 62.7. The van der Waals surface area contributed by atoms with Gasteiger partial charge in [0.25, 0.3) is 0 Å². The van der Waals surface area contributed by atoms with E-state index >= 15 is 0 Å². The Kier molecular flexibility index (Phi) is 6.17. The molecule has 0 spiro atoms. The van der Waals surface area contributed by atoms with Gasteiger partial charge in [-0.05, 0) is 86.9 Å². The second-order valence-electron chi connectivity index (χ2n) is 11.8. The molecule has 0 aliphatic rings. The van der Waals surface area contributed by atoms with Crippen LogP contribution in [0.4, 0.5) is 17.1 Å². The standard InChI is InChI=1S/C44H29NO/c1-2-10-30(11-3-1)34-15-8-16-36(28-34)45(35-23-20-33(21-24-35)39-19-9-14-31-12-4-6-17-38(31)39)37-25-27-43-42(29-37)41-26-22-32-13-5-7-18-40(32)44(41)46-43/h1-29H. The van der Waals surface area contributed by atoms with Crippen molar-refractivity contribution in [2.45, 2.75) is 0 Å². The first-order valence-corrected chi connectivity index (χ1v) is 15.7. The molecule has 0 saturated carbocycles. The number of anilines is 3. The first kappa shape index (κ1) is 26.3. The average molecular weight is 588 g/mol. The topological polar surface area (TPSA) is 16.4 Å². The molecule has 0 amide bonds. The molecule has 1 heterocycles. The number of rotatable bonds is 5. The maximum absolute atomic E-state index is 6.47. The van der Waals surface area contributed by atoms with E-state index < -0.39 is 0 Å². The third-order valence-corrected chi connectivity index (χ3v) is 9.04. The second-order valence-corrected chi connectivity index (χ2v) is 11.8.